The average molecular weight is 244 g/mol. The van der Waals surface area contributed by atoms with Crippen LogP contribution >= 0.6 is 0 Å². The minimum absolute atomic E-state index is 0.269. The monoisotopic (exact) mass is 244 g/mol. The summed E-state index contributed by atoms with van der Waals surface area (Å²) >= 11 is 0. The van der Waals surface area contributed by atoms with Gasteiger partial charge in [-0.05, 0) is 39.0 Å². The molecule has 0 fully saturated rings. The fraction of sp³-hybridized carbons (Fsp3) is 0.214. The van der Waals surface area contributed by atoms with Crippen LogP contribution in [0.2, 0.25) is 0 Å². The lowest BCUT2D eigenvalue weighted by molar-refractivity contribution is 0.503. The molecule has 92 valence electrons. The van der Waals surface area contributed by atoms with E-state index in [0.717, 1.165) is 34.0 Å². The van der Waals surface area contributed by atoms with Crippen molar-refractivity contribution in [2.24, 2.45) is 0 Å². The maximum absolute atomic E-state index is 13.1. The van der Waals surface area contributed by atoms with Crippen LogP contribution in [0.4, 0.5) is 4.39 Å². The van der Waals surface area contributed by atoms with Gasteiger partial charge in [-0.15, -0.1) is 0 Å². The Labute approximate surface area is 104 Å². The summed E-state index contributed by atoms with van der Waals surface area (Å²) in [5.74, 6) is 2.16. The number of furan rings is 1. The van der Waals surface area contributed by atoms with E-state index in [1.807, 2.05) is 20.8 Å². The maximum atomic E-state index is 13.1. The summed E-state index contributed by atoms with van der Waals surface area (Å²) < 4.78 is 18.7. The van der Waals surface area contributed by atoms with Gasteiger partial charge in [-0.2, -0.15) is 0 Å². The number of halogens is 1. The molecule has 4 heteroatoms. The standard InChI is InChI=1S/C14H13FN2O/c1-7-8(2)18-9(3)13(7)14-16-11-5-4-10(15)6-12(11)17-14/h4-6H,1-3H3,(H,16,17). The molecule has 0 aliphatic heterocycles. The van der Waals surface area contributed by atoms with Crippen molar-refractivity contribution in [1.82, 2.24) is 9.97 Å². The van der Waals surface area contributed by atoms with Crippen LogP contribution in [0.25, 0.3) is 22.4 Å². The largest absolute Gasteiger partial charge is 0.466 e. The zero-order chi connectivity index (χ0) is 12.9. The highest BCUT2D eigenvalue weighted by molar-refractivity contribution is 5.80. The van der Waals surface area contributed by atoms with Gasteiger partial charge in [0.25, 0.3) is 0 Å². The Morgan fingerprint density at radius 2 is 1.94 bits per heavy atom. The van der Waals surface area contributed by atoms with Gasteiger partial charge >= 0.3 is 0 Å². The first kappa shape index (κ1) is 11.0. The Morgan fingerprint density at radius 3 is 2.61 bits per heavy atom. The highest BCUT2D eigenvalue weighted by Gasteiger charge is 2.16. The van der Waals surface area contributed by atoms with E-state index in [9.17, 15) is 4.39 Å². The highest BCUT2D eigenvalue weighted by atomic mass is 19.1. The number of rotatable bonds is 1. The summed E-state index contributed by atoms with van der Waals surface area (Å²) in [5, 5.41) is 0. The van der Waals surface area contributed by atoms with E-state index < -0.39 is 0 Å². The topological polar surface area (TPSA) is 41.8 Å². The molecule has 0 aliphatic carbocycles. The fourth-order valence-corrected chi connectivity index (χ4v) is 2.24. The van der Waals surface area contributed by atoms with Crippen LogP contribution < -0.4 is 0 Å². The first-order chi connectivity index (χ1) is 8.56. The summed E-state index contributed by atoms with van der Waals surface area (Å²) in [6, 6.07) is 4.53. The summed E-state index contributed by atoms with van der Waals surface area (Å²) in [5.41, 5.74) is 3.47. The van der Waals surface area contributed by atoms with Gasteiger partial charge < -0.3 is 9.40 Å². The summed E-state index contributed by atoms with van der Waals surface area (Å²) in [7, 11) is 0. The van der Waals surface area contributed by atoms with Crippen molar-refractivity contribution < 1.29 is 8.81 Å². The quantitative estimate of drug-likeness (QED) is 0.705. The minimum atomic E-state index is -0.269. The van der Waals surface area contributed by atoms with Gasteiger partial charge in [-0.25, -0.2) is 9.37 Å². The molecule has 2 aromatic heterocycles. The number of benzene rings is 1. The van der Waals surface area contributed by atoms with Gasteiger partial charge in [0.15, 0.2) is 0 Å². The Bertz CT molecular complexity index is 740. The molecule has 0 atom stereocenters. The molecule has 2 heterocycles. The normalized spacial score (nSPS) is 11.3. The van der Waals surface area contributed by atoms with Crippen LogP contribution in [-0.4, -0.2) is 9.97 Å². The van der Waals surface area contributed by atoms with Crippen LogP contribution in [0, 0.1) is 26.6 Å². The van der Waals surface area contributed by atoms with Crippen molar-refractivity contribution in [3.63, 3.8) is 0 Å². The fourth-order valence-electron chi connectivity index (χ4n) is 2.24. The number of aromatic amines is 1. The van der Waals surface area contributed by atoms with Crippen molar-refractivity contribution in [1.29, 1.82) is 0 Å². The lowest BCUT2D eigenvalue weighted by Crippen LogP contribution is -1.83. The van der Waals surface area contributed by atoms with Crippen molar-refractivity contribution in [3.05, 3.63) is 41.1 Å². The lowest BCUT2D eigenvalue weighted by atomic mass is 10.1. The smallest absolute Gasteiger partial charge is 0.142 e. The third-order valence-electron chi connectivity index (χ3n) is 3.24. The number of nitrogens with zero attached hydrogens (tertiary/aromatic N) is 1. The van der Waals surface area contributed by atoms with Gasteiger partial charge in [-0.3, -0.25) is 0 Å². The number of aromatic nitrogens is 2. The van der Waals surface area contributed by atoms with Crippen molar-refractivity contribution >= 4 is 11.0 Å². The Morgan fingerprint density at radius 1 is 1.17 bits per heavy atom. The van der Waals surface area contributed by atoms with Crippen molar-refractivity contribution in [3.8, 4) is 11.4 Å². The van der Waals surface area contributed by atoms with Gasteiger partial charge in [0.05, 0.1) is 16.6 Å². The summed E-state index contributed by atoms with van der Waals surface area (Å²) in [6.45, 7) is 5.83. The molecule has 1 aromatic carbocycles. The van der Waals surface area contributed by atoms with E-state index in [1.54, 1.807) is 6.07 Å². The van der Waals surface area contributed by atoms with E-state index in [4.69, 9.17) is 4.42 Å². The molecule has 3 aromatic rings. The van der Waals surface area contributed by atoms with Crippen molar-refractivity contribution in [2.45, 2.75) is 20.8 Å². The predicted octanol–water partition coefficient (Wildman–Crippen LogP) is 3.89. The number of hydrogen-bond donors (Lipinski definition) is 1. The minimum Gasteiger partial charge on any atom is -0.466 e. The molecule has 1 N–H and O–H groups in total. The molecule has 0 aliphatic rings. The Hall–Kier alpha value is -2.10. The first-order valence-electron chi connectivity index (χ1n) is 5.78. The van der Waals surface area contributed by atoms with Gasteiger partial charge in [0.2, 0.25) is 0 Å². The summed E-state index contributed by atoms with van der Waals surface area (Å²) in [6.07, 6.45) is 0. The van der Waals surface area contributed by atoms with E-state index in [-0.39, 0.29) is 5.82 Å². The number of H-pyrrole nitrogens is 1. The molecule has 0 amide bonds. The molecular weight excluding hydrogens is 231 g/mol. The number of nitrogens with one attached hydrogen (secondary N) is 1. The molecule has 0 bridgehead atoms. The predicted molar refractivity (Wildman–Crippen MR) is 68.0 cm³/mol. The van der Waals surface area contributed by atoms with Crippen molar-refractivity contribution in [2.75, 3.05) is 0 Å². The van der Waals surface area contributed by atoms with Crippen LogP contribution in [0.3, 0.4) is 0 Å². The molecule has 0 radical (unpaired) electrons. The van der Waals surface area contributed by atoms with E-state index in [0.29, 0.717) is 5.52 Å². The van der Waals surface area contributed by atoms with Gasteiger partial charge in [-0.1, -0.05) is 0 Å². The average Bonchev–Trinajstić information content (AvgIpc) is 2.80. The molecule has 0 spiro atoms. The second-order valence-corrected chi connectivity index (χ2v) is 4.46. The van der Waals surface area contributed by atoms with E-state index in [1.165, 1.54) is 12.1 Å². The van der Waals surface area contributed by atoms with Crippen LogP contribution in [-0.2, 0) is 0 Å². The maximum Gasteiger partial charge on any atom is 0.142 e. The molecule has 0 saturated heterocycles. The van der Waals surface area contributed by atoms with Gasteiger partial charge in [0, 0.05) is 5.56 Å². The second-order valence-electron chi connectivity index (χ2n) is 4.46. The molecular formula is C14H13FN2O. The number of imidazole rings is 1. The Kier molecular flexibility index (Phi) is 2.26. The van der Waals surface area contributed by atoms with Gasteiger partial charge in [0.1, 0.15) is 23.2 Å². The zero-order valence-corrected chi connectivity index (χ0v) is 10.5. The van der Waals surface area contributed by atoms with Crippen LogP contribution in [0.1, 0.15) is 17.1 Å². The molecule has 3 rings (SSSR count). The zero-order valence-electron chi connectivity index (χ0n) is 10.5. The highest BCUT2D eigenvalue weighted by Crippen LogP contribution is 2.30. The first-order valence-corrected chi connectivity index (χ1v) is 5.78. The molecule has 18 heavy (non-hydrogen) atoms. The number of hydrogen-bond acceptors (Lipinski definition) is 2. The number of aryl methyl sites for hydroxylation is 2. The summed E-state index contributed by atoms with van der Waals surface area (Å²) in [4.78, 5) is 7.61. The lowest BCUT2D eigenvalue weighted by Gasteiger charge is -1.95. The molecule has 0 unspecified atom stereocenters. The second kappa shape index (κ2) is 3.70. The third kappa shape index (κ3) is 1.53. The van der Waals surface area contributed by atoms with E-state index >= 15 is 0 Å². The van der Waals surface area contributed by atoms with Crippen LogP contribution in [0.15, 0.2) is 22.6 Å². The third-order valence-corrected chi connectivity index (χ3v) is 3.24. The molecule has 3 nitrogen and oxygen atoms in total. The van der Waals surface area contributed by atoms with Crippen LogP contribution in [0.5, 0.6) is 0 Å². The molecule has 0 saturated carbocycles. The van der Waals surface area contributed by atoms with E-state index in [2.05, 4.69) is 9.97 Å². The number of fused-ring (bicyclic) bond motifs is 1. The Balaban J connectivity index is 2.25. The SMILES string of the molecule is Cc1oc(C)c(-c2nc3ccc(F)cc3[nH]2)c1C.